The lowest BCUT2D eigenvalue weighted by molar-refractivity contribution is 1.45. The Bertz CT molecular complexity index is 366. The maximum absolute atomic E-state index is 5.24. The van der Waals surface area contributed by atoms with Crippen molar-refractivity contribution in [3.05, 3.63) is 41.5 Å². The summed E-state index contributed by atoms with van der Waals surface area (Å²) in [4.78, 5) is 0.793. The molecular formula is C12H15NS. The smallest absolute Gasteiger partial charge is 0.106 e. The third-order valence-electron chi connectivity index (χ3n) is 2.18. The van der Waals surface area contributed by atoms with Crippen molar-refractivity contribution < 1.29 is 0 Å². The van der Waals surface area contributed by atoms with Gasteiger partial charge in [-0.05, 0) is 38.0 Å². The zero-order chi connectivity index (χ0) is 10.6. The number of nitrogens with one attached hydrogen (secondary N) is 1. The SMILES string of the molecule is C/C=C(\C)C(=S)Nc1ccccc1C. The van der Waals surface area contributed by atoms with Crippen molar-refractivity contribution in [3.8, 4) is 0 Å². The Balaban J connectivity index is 2.80. The molecule has 0 fully saturated rings. The number of rotatable bonds is 2. The minimum absolute atomic E-state index is 0.793. The summed E-state index contributed by atoms with van der Waals surface area (Å²) >= 11 is 5.24. The molecule has 0 unspecified atom stereocenters. The molecule has 0 aliphatic carbocycles. The van der Waals surface area contributed by atoms with E-state index in [0.717, 1.165) is 16.2 Å². The van der Waals surface area contributed by atoms with Crippen LogP contribution in [0.15, 0.2) is 35.9 Å². The van der Waals surface area contributed by atoms with Gasteiger partial charge in [-0.3, -0.25) is 0 Å². The number of para-hydroxylation sites is 1. The maximum atomic E-state index is 5.24. The van der Waals surface area contributed by atoms with Crippen LogP contribution in [0.25, 0.3) is 0 Å². The monoisotopic (exact) mass is 205 g/mol. The summed E-state index contributed by atoms with van der Waals surface area (Å²) in [7, 11) is 0. The molecule has 1 rings (SSSR count). The normalized spacial score (nSPS) is 11.2. The van der Waals surface area contributed by atoms with Crippen molar-refractivity contribution in [2.24, 2.45) is 0 Å². The van der Waals surface area contributed by atoms with E-state index < -0.39 is 0 Å². The van der Waals surface area contributed by atoms with Crippen LogP contribution in [0.1, 0.15) is 19.4 Å². The van der Waals surface area contributed by atoms with E-state index in [0.29, 0.717) is 0 Å². The molecule has 1 aromatic rings. The highest BCUT2D eigenvalue weighted by Crippen LogP contribution is 2.14. The lowest BCUT2D eigenvalue weighted by atomic mass is 10.2. The van der Waals surface area contributed by atoms with Gasteiger partial charge in [0, 0.05) is 5.69 Å². The molecule has 0 heterocycles. The fourth-order valence-electron chi connectivity index (χ4n) is 1.07. The highest BCUT2D eigenvalue weighted by Gasteiger charge is 2.00. The Kier molecular flexibility index (Phi) is 3.84. The molecule has 0 aliphatic heterocycles. The van der Waals surface area contributed by atoms with Crippen molar-refractivity contribution in [2.45, 2.75) is 20.8 Å². The molecule has 0 aliphatic rings. The van der Waals surface area contributed by atoms with Gasteiger partial charge >= 0.3 is 0 Å². The molecule has 0 spiro atoms. The van der Waals surface area contributed by atoms with Crippen LogP contribution in [0.5, 0.6) is 0 Å². The van der Waals surface area contributed by atoms with Crippen LogP contribution < -0.4 is 5.32 Å². The summed E-state index contributed by atoms with van der Waals surface area (Å²) in [5.41, 5.74) is 3.39. The van der Waals surface area contributed by atoms with Crippen molar-refractivity contribution in [1.29, 1.82) is 0 Å². The third kappa shape index (κ3) is 2.67. The predicted octanol–water partition coefficient (Wildman–Crippen LogP) is 3.70. The molecule has 0 amide bonds. The molecule has 2 heteroatoms. The Hall–Kier alpha value is -1.15. The summed E-state index contributed by atoms with van der Waals surface area (Å²) in [6.07, 6.45) is 2.01. The number of thiocarbonyl (C=S) groups is 1. The molecule has 0 bridgehead atoms. The predicted molar refractivity (Wildman–Crippen MR) is 66.8 cm³/mol. The van der Waals surface area contributed by atoms with E-state index in [2.05, 4.69) is 18.3 Å². The summed E-state index contributed by atoms with van der Waals surface area (Å²) in [6, 6.07) is 8.12. The molecule has 0 aromatic heterocycles. The average molecular weight is 205 g/mol. The lowest BCUT2D eigenvalue weighted by Crippen LogP contribution is -2.10. The van der Waals surface area contributed by atoms with Crippen LogP contribution >= 0.6 is 12.2 Å². The van der Waals surface area contributed by atoms with E-state index in [9.17, 15) is 0 Å². The number of benzene rings is 1. The Labute approximate surface area is 90.8 Å². The molecule has 0 saturated heterocycles. The van der Waals surface area contributed by atoms with Crippen LogP contribution in [0.4, 0.5) is 5.69 Å². The second kappa shape index (κ2) is 4.91. The zero-order valence-electron chi connectivity index (χ0n) is 8.79. The van der Waals surface area contributed by atoms with Gasteiger partial charge in [0.05, 0.1) is 0 Å². The van der Waals surface area contributed by atoms with Crippen molar-refractivity contribution >= 4 is 22.9 Å². The fraction of sp³-hybridized carbons (Fsp3) is 0.250. The average Bonchev–Trinajstić information content (AvgIpc) is 2.20. The molecule has 0 saturated carbocycles. The van der Waals surface area contributed by atoms with Gasteiger partial charge in [-0.2, -0.15) is 0 Å². The number of hydrogen-bond acceptors (Lipinski definition) is 1. The van der Waals surface area contributed by atoms with Gasteiger partial charge in [-0.15, -0.1) is 0 Å². The first kappa shape index (κ1) is 10.9. The Morgan fingerprint density at radius 3 is 2.57 bits per heavy atom. The standard InChI is InChI=1S/C12H15NS/c1-4-9(2)12(14)13-11-8-6-5-7-10(11)3/h4-8H,1-3H3,(H,13,14)/b9-4+. The highest BCUT2D eigenvalue weighted by atomic mass is 32.1. The van der Waals surface area contributed by atoms with Gasteiger partial charge in [-0.1, -0.05) is 36.5 Å². The van der Waals surface area contributed by atoms with Crippen LogP contribution in [0, 0.1) is 6.92 Å². The molecule has 1 aromatic carbocycles. The minimum Gasteiger partial charge on any atom is -0.346 e. The second-order valence-electron chi connectivity index (χ2n) is 3.24. The van der Waals surface area contributed by atoms with Crippen molar-refractivity contribution in [2.75, 3.05) is 5.32 Å². The minimum atomic E-state index is 0.793. The van der Waals surface area contributed by atoms with E-state index in [1.807, 2.05) is 38.1 Å². The van der Waals surface area contributed by atoms with Crippen molar-refractivity contribution in [1.82, 2.24) is 0 Å². The summed E-state index contributed by atoms with van der Waals surface area (Å²) in [6.45, 7) is 6.06. The summed E-state index contributed by atoms with van der Waals surface area (Å²) in [5, 5.41) is 3.22. The van der Waals surface area contributed by atoms with Gasteiger partial charge in [0.1, 0.15) is 4.99 Å². The molecule has 1 nitrogen and oxygen atoms in total. The Morgan fingerprint density at radius 2 is 2.00 bits per heavy atom. The van der Waals surface area contributed by atoms with Crippen LogP contribution in [-0.2, 0) is 0 Å². The molecule has 0 radical (unpaired) electrons. The highest BCUT2D eigenvalue weighted by molar-refractivity contribution is 7.81. The van der Waals surface area contributed by atoms with Crippen LogP contribution in [0.3, 0.4) is 0 Å². The zero-order valence-corrected chi connectivity index (χ0v) is 9.61. The molecule has 74 valence electrons. The number of aryl methyl sites for hydroxylation is 1. The van der Waals surface area contributed by atoms with E-state index in [-0.39, 0.29) is 0 Å². The van der Waals surface area contributed by atoms with E-state index >= 15 is 0 Å². The lowest BCUT2D eigenvalue weighted by Gasteiger charge is -2.10. The van der Waals surface area contributed by atoms with Gasteiger partial charge in [0.15, 0.2) is 0 Å². The quantitative estimate of drug-likeness (QED) is 0.583. The third-order valence-corrected chi connectivity index (χ3v) is 2.61. The van der Waals surface area contributed by atoms with Crippen LogP contribution in [-0.4, -0.2) is 4.99 Å². The second-order valence-corrected chi connectivity index (χ2v) is 3.65. The van der Waals surface area contributed by atoms with Crippen LogP contribution in [0.2, 0.25) is 0 Å². The van der Waals surface area contributed by atoms with E-state index in [1.54, 1.807) is 0 Å². The summed E-state index contributed by atoms with van der Waals surface area (Å²) < 4.78 is 0. The fourth-order valence-corrected chi connectivity index (χ4v) is 1.29. The molecule has 14 heavy (non-hydrogen) atoms. The Morgan fingerprint density at radius 1 is 1.36 bits per heavy atom. The topological polar surface area (TPSA) is 12.0 Å². The molecule has 0 atom stereocenters. The molecule has 1 N–H and O–H groups in total. The van der Waals surface area contributed by atoms with Gasteiger partial charge in [0.25, 0.3) is 0 Å². The maximum Gasteiger partial charge on any atom is 0.106 e. The number of anilines is 1. The van der Waals surface area contributed by atoms with E-state index in [1.165, 1.54) is 5.56 Å². The van der Waals surface area contributed by atoms with Crippen molar-refractivity contribution in [3.63, 3.8) is 0 Å². The first-order chi connectivity index (χ1) is 6.65. The van der Waals surface area contributed by atoms with Gasteiger partial charge in [-0.25, -0.2) is 0 Å². The summed E-state index contributed by atoms with van der Waals surface area (Å²) in [5.74, 6) is 0. The first-order valence-corrected chi connectivity index (χ1v) is 5.06. The largest absolute Gasteiger partial charge is 0.346 e. The molecular weight excluding hydrogens is 190 g/mol. The first-order valence-electron chi connectivity index (χ1n) is 4.65. The van der Waals surface area contributed by atoms with E-state index in [4.69, 9.17) is 12.2 Å². The number of hydrogen-bond donors (Lipinski definition) is 1. The van der Waals surface area contributed by atoms with Gasteiger partial charge < -0.3 is 5.32 Å². The number of allylic oxidation sites excluding steroid dienone is 1. The van der Waals surface area contributed by atoms with Gasteiger partial charge in [0.2, 0.25) is 0 Å².